The van der Waals surface area contributed by atoms with Crippen molar-refractivity contribution in [3.8, 4) is 11.8 Å². The first-order chi connectivity index (χ1) is 4.91. The fourth-order valence-corrected chi connectivity index (χ4v) is 0.836. The molecule has 58 valence electrons. The number of hydrogen-bond donors (Lipinski definition) is 1. The molecule has 0 atom stereocenters. The van der Waals surface area contributed by atoms with Gasteiger partial charge in [-0.3, -0.25) is 0 Å². The largest absolute Gasteiger partial charge is 0.396 e. The molecular weight excluding hydrogens is 192 g/mol. The van der Waals surface area contributed by atoms with Gasteiger partial charge in [0.2, 0.25) is 0 Å². The van der Waals surface area contributed by atoms with Crippen molar-refractivity contribution in [1.29, 1.82) is 0 Å². The molecule has 0 aliphatic carbocycles. The fourth-order valence-electron chi connectivity index (χ4n) is 0.638. The Labute approximate surface area is 71.0 Å². The second kappa shape index (κ2) is 9.00. The molecule has 1 nitrogen and oxygen atoms in total. The predicted octanol–water partition coefficient (Wildman–Crippen LogP) is 1.94. The molecular formula is C8H13BrO. The number of rotatable bonds is 4. The minimum atomic E-state index is 0.311. The molecule has 0 bridgehead atoms. The van der Waals surface area contributed by atoms with Crippen LogP contribution in [0.25, 0.3) is 0 Å². The third kappa shape index (κ3) is 8.00. The van der Waals surface area contributed by atoms with Crippen LogP contribution in [0.5, 0.6) is 0 Å². The third-order valence-electron chi connectivity index (χ3n) is 1.15. The summed E-state index contributed by atoms with van der Waals surface area (Å²) in [6.45, 7) is 0.311. The highest BCUT2D eigenvalue weighted by atomic mass is 79.9. The van der Waals surface area contributed by atoms with E-state index in [-0.39, 0.29) is 0 Å². The lowest BCUT2D eigenvalue weighted by Crippen LogP contribution is -1.81. The molecule has 0 saturated heterocycles. The molecule has 0 fully saturated rings. The number of hydrogen-bond acceptors (Lipinski definition) is 1. The predicted molar refractivity (Wildman–Crippen MR) is 47.1 cm³/mol. The highest BCUT2D eigenvalue weighted by molar-refractivity contribution is 9.09. The van der Waals surface area contributed by atoms with Gasteiger partial charge in [0, 0.05) is 13.0 Å². The van der Waals surface area contributed by atoms with Gasteiger partial charge in [-0.15, -0.1) is 5.92 Å². The molecule has 0 aromatic heterocycles. The van der Waals surface area contributed by atoms with E-state index < -0.39 is 0 Å². The van der Waals surface area contributed by atoms with Gasteiger partial charge in [0.15, 0.2) is 0 Å². The minimum absolute atomic E-state index is 0.311. The summed E-state index contributed by atoms with van der Waals surface area (Å²) in [6, 6.07) is 0. The molecule has 1 N–H and O–H groups in total. The van der Waals surface area contributed by atoms with Crippen molar-refractivity contribution in [2.45, 2.75) is 25.7 Å². The highest BCUT2D eigenvalue weighted by Gasteiger charge is 1.83. The van der Waals surface area contributed by atoms with Gasteiger partial charge in [0.1, 0.15) is 0 Å². The van der Waals surface area contributed by atoms with Crippen LogP contribution in [-0.4, -0.2) is 17.0 Å². The average molecular weight is 205 g/mol. The Hall–Kier alpha value is 0. The zero-order valence-corrected chi connectivity index (χ0v) is 7.65. The standard InChI is InChI=1S/C8H13BrO/c9-7-5-3-1-2-4-6-8-10/h10H,1-2,4,6-8H2. The lowest BCUT2D eigenvalue weighted by atomic mass is 10.2. The first kappa shape index (κ1) is 10.0. The van der Waals surface area contributed by atoms with E-state index in [1.807, 2.05) is 0 Å². The van der Waals surface area contributed by atoms with Gasteiger partial charge in [0.05, 0.1) is 5.33 Å². The number of halogens is 1. The summed E-state index contributed by atoms with van der Waals surface area (Å²) in [5.41, 5.74) is 0. The third-order valence-corrected chi connectivity index (χ3v) is 1.43. The maximum absolute atomic E-state index is 8.43. The molecule has 0 saturated carbocycles. The van der Waals surface area contributed by atoms with Crippen molar-refractivity contribution in [2.24, 2.45) is 0 Å². The summed E-state index contributed by atoms with van der Waals surface area (Å²) in [6.07, 6.45) is 4.08. The summed E-state index contributed by atoms with van der Waals surface area (Å²) in [5, 5.41) is 9.20. The molecule has 0 unspecified atom stereocenters. The SMILES string of the molecule is OCCCCCC#CCBr. The van der Waals surface area contributed by atoms with Gasteiger partial charge in [0.25, 0.3) is 0 Å². The van der Waals surface area contributed by atoms with Crippen molar-refractivity contribution in [1.82, 2.24) is 0 Å². The first-order valence-electron chi connectivity index (χ1n) is 3.54. The van der Waals surface area contributed by atoms with Gasteiger partial charge in [-0.05, 0) is 12.8 Å². The molecule has 10 heavy (non-hydrogen) atoms. The highest BCUT2D eigenvalue weighted by Crippen LogP contribution is 1.96. The second-order valence-electron chi connectivity index (χ2n) is 2.02. The van der Waals surface area contributed by atoms with Crippen LogP contribution in [0.2, 0.25) is 0 Å². The van der Waals surface area contributed by atoms with Crippen molar-refractivity contribution >= 4 is 15.9 Å². The van der Waals surface area contributed by atoms with Crippen molar-refractivity contribution in [3.63, 3.8) is 0 Å². The Morgan fingerprint density at radius 2 is 1.90 bits per heavy atom. The van der Waals surface area contributed by atoms with E-state index in [4.69, 9.17) is 5.11 Å². The van der Waals surface area contributed by atoms with Crippen LogP contribution in [0.4, 0.5) is 0 Å². The van der Waals surface area contributed by atoms with Crippen LogP contribution in [0.1, 0.15) is 25.7 Å². The van der Waals surface area contributed by atoms with Gasteiger partial charge in [-0.2, -0.15) is 0 Å². The topological polar surface area (TPSA) is 20.2 Å². The fraction of sp³-hybridized carbons (Fsp3) is 0.750. The zero-order chi connectivity index (χ0) is 7.66. The van der Waals surface area contributed by atoms with E-state index in [1.54, 1.807) is 0 Å². The van der Waals surface area contributed by atoms with Crippen LogP contribution < -0.4 is 0 Å². The Balaban J connectivity index is 2.90. The smallest absolute Gasteiger partial charge is 0.0645 e. The van der Waals surface area contributed by atoms with Crippen LogP contribution in [0.15, 0.2) is 0 Å². The van der Waals surface area contributed by atoms with Crippen LogP contribution >= 0.6 is 15.9 Å². The molecule has 0 heterocycles. The number of alkyl halides is 1. The van der Waals surface area contributed by atoms with E-state index in [2.05, 4.69) is 27.8 Å². The van der Waals surface area contributed by atoms with Crippen LogP contribution in [-0.2, 0) is 0 Å². The number of aliphatic hydroxyl groups is 1. The van der Waals surface area contributed by atoms with Crippen molar-refractivity contribution in [2.75, 3.05) is 11.9 Å². The monoisotopic (exact) mass is 204 g/mol. The molecule has 0 radical (unpaired) electrons. The summed E-state index contributed by atoms with van der Waals surface area (Å²) < 4.78 is 0. The summed E-state index contributed by atoms with van der Waals surface area (Å²) in [7, 11) is 0. The first-order valence-corrected chi connectivity index (χ1v) is 4.66. The molecule has 2 heteroatoms. The molecule has 0 aliphatic heterocycles. The van der Waals surface area contributed by atoms with E-state index in [0.717, 1.165) is 31.0 Å². The Morgan fingerprint density at radius 1 is 1.10 bits per heavy atom. The van der Waals surface area contributed by atoms with E-state index in [9.17, 15) is 0 Å². The van der Waals surface area contributed by atoms with E-state index in [1.165, 1.54) is 0 Å². The van der Waals surface area contributed by atoms with Gasteiger partial charge in [-0.1, -0.05) is 28.3 Å². The Kier molecular flexibility index (Phi) is 9.00. The maximum atomic E-state index is 8.43. The molecule has 0 rings (SSSR count). The summed E-state index contributed by atoms with van der Waals surface area (Å²) in [5.74, 6) is 5.94. The van der Waals surface area contributed by atoms with Gasteiger partial charge >= 0.3 is 0 Å². The number of unbranched alkanes of at least 4 members (excludes halogenated alkanes) is 3. The van der Waals surface area contributed by atoms with Gasteiger partial charge in [-0.25, -0.2) is 0 Å². The lowest BCUT2D eigenvalue weighted by Gasteiger charge is -1.90. The summed E-state index contributed by atoms with van der Waals surface area (Å²) in [4.78, 5) is 0. The summed E-state index contributed by atoms with van der Waals surface area (Å²) >= 11 is 3.22. The number of aliphatic hydroxyl groups excluding tert-OH is 1. The van der Waals surface area contributed by atoms with Crippen molar-refractivity contribution < 1.29 is 5.11 Å². The van der Waals surface area contributed by atoms with E-state index in [0.29, 0.717) is 6.61 Å². The maximum Gasteiger partial charge on any atom is 0.0645 e. The van der Waals surface area contributed by atoms with Crippen LogP contribution in [0.3, 0.4) is 0 Å². The molecule has 0 aliphatic rings. The molecule has 0 aromatic carbocycles. The zero-order valence-electron chi connectivity index (χ0n) is 6.07. The van der Waals surface area contributed by atoms with Crippen LogP contribution in [0, 0.1) is 11.8 Å². The molecule has 0 aromatic rings. The Morgan fingerprint density at radius 3 is 2.50 bits per heavy atom. The average Bonchev–Trinajstić information content (AvgIpc) is 1.97. The normalized spacial score (nSPS) is 8.60. The quantitative estimate of drug-likeness (QED) is 0.422. The van der Waals surface area contributed by atoms with E-state index >= 15 is 0 Å². The minimum Gasteiger partial charge on any atom is -0.396 e. The van der Waals surface area contributed by atoms with Crippen molar-refractivity contribution in [3.05, 3.63) is 0 Å². The molecule has 0 amide bonds. The molecule has 0 spiro atoms. The lowest BCUT2D eigenvalue weighted by molar-refractivity contribution is 0.283. The van der Waals surface area contributed by atoms with Gasteiger partial charge < -0.3 is 5.11 Å². The second-order valence-corrected chi connectivity index (χ2v) is 2.58. The Bertz CT molecular complexity index is 112.